The molecule has 1 aromatic heterocycles. The van der Waals surface area contributed by atoms with Crippen LogP contribution in [0.15, 0.2) is 55.0 Å². The number of hydrogen-bond acceptors (Lipinski definition) is 3. The highest BCUT2D eigenvalue weighted by Crippen LogP contribution is 2.29. The summed E-state index contributed by atoms with van der Waals surface area (Å²) in [6, 6.07) is 9.40. The quantitative estimate of drug-likeness (QED) is 0.421. The van der Waals surface area contributed by atoms with Crippen molar-refractivity contribution in [3.05, 3.63) is 72.1 Å². The summed E-state index contributed by atoms with van der Waals surface area (Å²) in [5, 5.41) is 0. The molecule has 10 heteroatoms. The highest BCUT2D eigenvalue weighted by Gasteiger charge is 2.31. The van der Waals surface area contributed by atoms with E-state index in [9.17, 15) is 22.4 Å². The summed E-state index contributed by atoms with van der Waals surface area (Å²) < 4.78 is 57.0. The van der Waals surface area contributed by atoms with Crippen molar-refractivity contribution >= 4 is 18.3 Å². The molecule has 0 saturated carbocycles. The first-order valence-corrected chi connectivity index (χ1v) is 9.58. The van der Waals surface area contributed by atoms with Gasteiger partial charge >= 0.3 is 6.36 Å². The Morgan fingerprint density at radius 2 is 1.84 bits per heavy atom. The predicted octanol–water partition coefficient (Wildman–Crippen LogP) is 5.60. The van der Waals surface area contributed by atoms with Gasteiger partial charge in [-0.3, -0.25) is 4.79 Å². The second-order valence-electron chi connectivity index (χ2n) is 7.04. The summed E-state index contributed by atoms with van der Waals surface area (Å²) in [7, 11) is 1.77. The van der Waals surface area contributed by atoms with Crippen molar-refractivity contribution in [3.8, 4) is 16.9 Å². The smallest absolute Gasteiger partial charge is 0.406 e. The lowest BCUT2D eigenvalue weighted by Crippen LogP contribution is -2.31. The van der Waals surface area contributed by atoms with E-state index in [0.29, 0.717) is 23.4 Å². The second-order valence-corrected chi connectivity index (χ2v) is 7.04. The summed E-state index contributed by atoms with van der Waals surface area (Å²) in [5.74, 6) is -1.14. The average Bonchev–Trinajstić information content (AvgIpc) is 3.14. The van der Waals surface area contributed by atoms with Gasteiger partial charge in [0.25, 0.3) is 5.91 Å². The number of alkyl halides is 3. The van der Waals surface area contributed by atoms with E-state index in [4.69, 9.17) is 0 Å². The lowest BCUT2D eigenvalue weighted by Gasteiger charge is -2.22. The first-order valence-electron chi connectivity index (χ1n) is 9.58. The van der Waals surface area contributed by atoms with Crippen molar-refractivity contribution in [3.63, 3.8) is 0 Å². The zero-order chi connectivity index (χ0) is 22.6. The van der Waals surface area contributed by atoms with Gasteiger partial charge in [0.2, 0.25) is 0 Å². The zero-order valence-electron chi connectivity index (χ0n) is 17.4. The lowest BCUT2D eigenvalue weighted by molar-refractivity contribution is -0.274. The Balaban J connectivity index is 0.00000363. The van der Waals surface area contributed by atoms with Crippen molar-refractivity contribution < 1.29 is 27.1 Å². The minimum Gasteiger partial charge on any atom is -0.406 e. The molecule has 0 aliphatic heterocycles. The number of amides is 1. The van der Waals surface area contributed by atoms with E-state index in [1.54, 1.807) is 41.2 Å². The van der Waals surface area contributed by atoms with Gasteiger partial charge in [0.1, 0.15) is 17.3 Å². The van der Waals surface area contributed by atoms with Crippen LogP contribution in [-0.2, 0) is 13.6 Å². The summed E-state index contributed by atoms with van der Waals surface area (Å²) in [6.45, 7) is 2.68. The number of carbonyl (C=O) groups excluding carboxylic acids is 1. The van der Waals surface area contributed by atoms with Crippen molar-refractivity contribution in [2.45, 2.75) is 26.3 Å². The molecule has 0 aliphatic carbocycles. The minimum absolute atomic E-state index is 0. The molecule has 0 saturated heterocycles. The normalized spacial score (nSPS) is 11.1. The molecule has 0 N–H and O–H groups in total. The standard InChI is InChI=1S/C22H21F4N3O2.ClH/c1-3-10-29(21(30)20-13-28(2)14-27-20)12-15-4-9-19(23)18(11-15)16-5-7-17(8-6-16)31-22(24,25)26;/h4-9,11,13-14H,3,10,12H2,1-2H3;1H. The molecule has 0 aliphatic rings. The molecule has 0 atom stereocenters. The van der Waals surface area contributed by atoms with E-state index >= 15 is 0 Å². The Hall–Kier alpha value is -3.07. The molecule has 172 valence electrons. The van der Waals surface area contributed by atoms with Crippen molar-refractivity contribution in [1.82, 2.24) is 14.5 Å². The van der Waals surface area contributed by atoms with Gasteiger partial charge in [0.15, 0.2) is 0 Å². The molecule has 3 rings (SSSR count). The number of aryl methyl sites for hydroxylation is 1. The second kappa shape index (κ2) is 10.5. The SMILES string of the molecule is CCCN(Cc1ccc(F)c(-c2ccc(OC(F)(F)F)cc2)c1)C(=O)c1cn(C)cn1.Cl. The van der Waals surface area contributed by atoms with Crippen molar-refractivity contribution in [1.29, 1.82) is 0 Å². The largest absolute Gasteiger partial charge is 0.573 e. The van der Waals surface area contributed by atoms with Crippen molar-refractivity contribution in [2.24, 2.45) is 7.05 Å². The molecule has 0 fully saturated rings. The molecule has 0 bridgehead atoms. The molecule has 1 amide bonds. The molecule has 2 aromatic carbocycles. The van der Waals surface area contributed by atoms with Crippen molar-refractivity contribution in [2.75, 3.05) is 6.54 Å². The van der Waals surface area contributed by atoms with Crippen LogP contribution in [0.25, 0.3) is 11.1 Å². The van der Waals surface area contributed by atoms with E-state index in [-0.39, 0.29) is 36.2 Å². The highest BCUT2D eigenvalue weighted by atomic mass is 35.5. The Kier molecular flexibility index (Phi) is 8.26. The zero-order valence-corrected chi connectivity index (χ0v) is 18.2. The molecule has 3 aromatic rings. The van der Waals surface area contributed by atoms with Gasteiger partial charge in [-0.15, -0.1) is 25.6 Å². The molecule has 0 spiro atoms. The number of nitrogens with zero attached hydrogens (tertiary/aromatic N) is 3. The number of benzene rings is 2. The van der Waals surface area contributed by atoms with Gasteiger partial charge in [0.05, 0.1) is 6.33 Å². The summed E-state index contributed by atoms with van der Waals surface area (Å²) in [6.07, 6.45) is -0.895. The molecule has 1 heterocycles. The molecular weight excluding hydrogens is 450 g/mol. The van der Waals surface area contributed by atoms with E-state index < -0.39 is 12.2 Å². The maximum absolute atomic E-state index is 14.4. The number of rotatable bonds is 7. The fourth-order valence-corrected chi connectivity index (χ4v) is 3.16. The molecule has 0 radical (unpaired) electrons. The number of aromatic nitrogens is 2. The first kappa shape index (κ1) is 25.2. The van der Waals surface area contributed by atoms with E-state index in [1.807, 2.05) is 6.92 Å². The first-order chi connectivity index (χ1) is 14.7. The van der Waals surface area contributed by atoms with Gasteiger partial charge in [-0.2, -0.15) is 0 Å². The Labute approximate surface area is 189 Å². The van der Waals surface area contributed by atoms with E-state index in [1.165, 1.54) is 18.2 Å². The number of hydrogen-bond donors (Lipinski definition) is 0. The minimum atomic E-state index is -4.80. The third-order valence-electron chi connectivity index (χ3n) is 4.51. The topological polar surface area (TPSA) is 47.4 Å². The fourth-order valence-electron chi connectivity index (χ4n) is 3.16. The third kappa shape index (κ3) is 6.46. The van der Waals surface area contributed by atoms with Gasteiger partial charge in [-0.1, -0.05) is 25.1 Å². The number of ether oxygens (including phenoxy) is 1. The van der Waals surface area contributed by atoms with Crippen LogP contribution in [0.4, 0.5) is 17.6 Å². The van der Waals surface area contributed by atoms with Crippen LogP contribution in [0.1, 0.15) is 29.4 Å². The van der Waals surface area contributed by atoms with Crippen LogP contribution in [-0.4, -0.2) is 33.3 Å². The van der Waals surface area contributed by atoms with Crippen LogP contribution < -0.4 is 4.74 Å². The molecule has 32 heavy (non-hydrogen) atoms. The van der Waals surface area contributed by atoms with Crippen LogP contribution in [0, 0.1) is 5.82 Å². The lowest BCUT2D eigenvalue weighted by atomic mass is 10.0. The van der Waals surface area contributed by atoms with Crippen LogP contribution >= 0.6 is 12.4 Å². The maximum Gasteiger partial charge on any atom is 0.573 e. The summed E-state index contributed by atoms with van der Waals surface area (Å²) in [5.41, 5.74) is 1.62. The predicted molar refractivity (Wildman–Crippen MR) is 114 cm³/mol. The molecular formula is C22H22ClF4N3O2. The number of halogens is 5. The van der Waals surface area contributed by atoms with Gasteiger partial charge in [-0.05, 0) is 41.8 Å². The molecule has 0 unspecified atom stereocenters. The van der Waals surface area contributed by atoms with Gasteiger partial charge in [-0.25, -0.2) is 9.37 Å². The monoisotopic (exact) mass is 471 g/mol. The van der Waals surface area contributed by atoms with Gasteiger partial charge < -0.3 is 14.2 Å². The maximum atomic E-state index is 14.4. The number of carbonyl (C=O) groups is 1. The summed E-state index contributed by atoms with van der Waals surface area (Å²) in [4.78, 5) is 18.5. The van der Waals surface area contributed by atoms with E-state index in [0.717, 1.165) is 18.6 Å². The van der Waals surface area contributed by atoms with Gasteiger partial charge in [0, 0.05) is 31.9 Å². The van der Waals surface area contributed by atoms with Crippen LogP contribution in [0.5, 0.6) is 5.75 Å². The molecule has 5 nitrogen and oxygen atoms in total. The highest BCUT2D eigenvalue weighted by molar-refractivity contribution is 5.92. The summed E-state index contributed by atoms with van der Waals surface area (Å²) >= 11 is 0. The average molecular weight is 472 g/mol. The van der Waals surface area contributed by atoms with Crippen LogP contribution in [0.2, 0.25) is 0 Å². The fraction of sp³-hybridized carbons (Fsp3) is 0.273. The third-order valence-corrected chi connectivity index (χ3v) is 4.51. The van der Waals surface area contributed by atoms with Crippen LogP contribution in [0.3, 0.4) is 0 Å². The van der Waals surface area contributed by atoms with E-state index in [2.05, 4.69) is 9.72 Å². The number of imidazole rings is 1. The Morgan fingerprint density at radius 3 is 2.41 bits per heavy atom. The Morgan fingerprint density at radius 1 is 1.16 bits per heavy atom. The Bertz CT molecular complexity index is 1050.